The van der Waals surface area contributed by atoms with Gasteiger partial charge >= 0.3 is 0 Å². The van der Waals surface area contributed by atoms with E-state index in [4.69, 9.17) is 5.73 Å². The number of rotatable bonds is 2. The molecule has 0 saturated heterocycles. The largest absolute Gasteiger partial charge is 0.398 e. The van der Waals surface area contributed by atoms with Gasteiger partial charge in [-0.1, -0.05) is 23.8 Å². The number of nitrogens with zero attached hydrogens (tertiary/aromatic N) is 2. The van der Waals surface area contributed by atoms with Crippen LogP contribution >= 0.6 is 0 Å². The topological polar surface area (TPSA) is 50.7 Å². The van der Waals surface area contributed by atoms with Crippen molar-refractivity contribution < 1.29 is 0 Å². The van der Waals surface area contributed by atoms with Crippen molar-refractivity contribution in [1.29, 1.82) is 0 Å². The van der Waals surface area contributed by atoms with Crippen molar-refractivity contribution in [3.05, 3.63) is 52.6 Å². The van der Waals surface area contributed by atoms with Gasteiger partial charge in [0.1, 0.15) is 0 Å². The second kappa shape index (κ2) is 5.22. The molecule has 3 heteroatoms. The van der Waals surface area contributed by atoms with Gasteiger partial charge in [0.05, 0.1) is 11.4 Å². The summed E-state index contributed by atoms with van der Waals surface area (Å²) in [5.41, 5.74) is 12.8. The summed E-state index contributed by atoms with van der Waals surface area (Å²) >= 11 is 0. The van der Waals surface area contributed by atoms with E-state index in [1.807, 2.05) is 45.0 Å². The van der Waals surface area contributed by atoms with Crippen LogP contribution in [0.5, 0.6) is 0 Å². The van der Waals surface area contributed by atoms with E-state index in [1.54, 1.807) is 0 Å². The monoisotopic (exact) mass is 253 g/mol. The fourth-order valence-electron chi connectivity index (χ4n) is 2.03. The van der Waals surface area contributed by atoms with E-state index >= 15 is 0 Å². The summed E-state index contributed by atoms with van der Waals surface area (Å²) in [6, 6.07) is 10.0. The minimum absolute atomic E-state index is 0.750. The third-order valence-corrected chi connectivity index (χ3v) is 3.28. The van der Waals surface area contributed by atoms with Gasteiger partial charge in [0.2, 0.25) is 0 Å². The first-order chi connectivity index (χ1) is 8.99. The summed E-state index contributed by atoms with van der Waals surface area (Å²) < 4.78 is 0. The van der Waals surface area contributed by atoms with Crippen LogP contribution < -0.4 is 5.73 Å². The van der Waals surface area contributed by atoms with E-state index in [-0.39, 0.29) is 0 Å². The fourth-order valence-corrected chi connectivity index (χ4v) is 2.03. The first-order valence-electron chi connectivity index (χ1n) is 6.33. The van der Waals surface area contributed by atoms with Crippen LogP contribution in [0, 0.1) is 27.7 Å². The highest BCUT2D eigenvalue weighted by molar-refractivity contribution is 5.63. The molecule has 98 valence electrons. The maximum atomic E-state index is 5.91. The summed E-state index contributed by atoms with van der Waals surface area (Å²) in [7, 11) is 0. The SMILES string of the molecule is Cc1ccc(N=Nc2c(C)ccc(N)c2C)c(C)c1. The Morgan fingerprint density at radius 2 is 1.58 bits per heavy atom. The minimum Gasteiger partial charge on any atom is -0.398 e. The number of anilines is 1. The average Bonchev–Trinajstić information content (AvgIpc) is 2.36. The van der Waals surface area contributed by atoms with E-state index in [0.29, 0.717) is 0 Å². The Hall–Kier alpha value is -2.16. The smallest absolute Gasteiger partial charge is 0.0935 e. The quantitative estimate of drug-likeness (QED) is 0.599. The van der Waals surface area contributed by atoms with Gasteiger partial charge in [-0.25, -0.2) is 0 Å². The van der Waals surface area contributed by atoms with Crippen LogP contribution in [-0.2, 0) is 0 Å². The molecule has 0 bridgehead atoms. The van der Waals surface area contributed by atoms with E-state index in [0.717, 1.165) is 33.8 Å². The van der Waals surface area contributed by atoms with Gasteiger partial charge in [0.15, 0.2) is 0 Å². The molecule has 0 aliphatic heterocycles. The van der Waals surface area contributed by atoms with Crippen LogP contribution in [-0.4, -0.2) is 0 Å². The van der Waals surface area contributed by atoms with Crippen molar-refractivity contribution >= 4 is 17.1 Å². The highest BCUT2D eigenvalue weighted by atomic mass is 15.1. The Morgan fingerprint density at radius 1 is 0.842 bits per heavy atom. The summed E-state index contributed by atoms with van der Waals surface area (Å²) in [5, 5.41) is 8.72. The Balaban J connectivity index is 2.41. The predicted molar refractivity (Wildman–Crippen MR) is 80.4 cm³/mol. The van der Waals surface area contributed by atoms with Crippen molar-refractivity contribution in [3.63, 3.8) is 0 Å². The lowest BCUT2D eigenvalue weighted by molar-refractivity contribution is 1.17. The van der Waals surface area contributed by atoms with Gasteiger partial charge in [-0.2, -0.15) is 5.11 Å². The Kier molecular flexibility index (Phi) is 3.65. The number of azo groups is 1. The third-order valence-electron chi connectivity index (χ3n) is 3.28. The Bertz CT molecular complexity index is 643. The molecule has 0 radical (unpaired) electrons. The summed E-state index contributed by atoms with van der Waals surface area (Å²) in [6.45, 7) is 8.10. The first kappa shape index (κ1) is 13.3. The maximum absolute atomic E-state index is 5.91. The molecule has 0 saturated carbocycles. The van der Waals surface area contributed by atoms with Gasteiger partial charge in [-0.3, -0.25) is 0 Å². The number of benzene rings is 2. The first-order valence-corrected chi connectivity index (χ1v) is 6.33. The van der Waals surface area contributed by atoms with Gasteiger partial charge in [-0.05, 0) is 56.5 Å². The van der Waals surface area contributed by atoms with Crippen LogP contribution in [0.25, 0.3) is 0 Å². The molecule has 19 heavy (non-hydrogen) atoms. The van der Waals surface area contributed by atoms with Crippen molar-refractivity contribution in [2.24, 2.45) is 10.2 Å². The third kappa shape index (κ3) is 2.81. The Morgan fingerprint density at radius 3 is 2.26 bits per heavy atom. The van der Waals surface area contributed by atoms with Gasteiger partial charge in [0.25, 0.3) is 0 Å². The molecule has 0 atom stereocenters. The lowest BCUT2D eigenvalue weighted by atomic mass is 10.1. The second-order valence-corrected chi connectivity index (χ2v) is 4.94. The number of nitrogens with two attached hydrogens (primary N) is 1. The van der Waals surface area contributed by atoms with Crippen molar-refractivity contribution in [3.8, 4) is 0 Å². The summed E-state index contributed by atoms with van der Waals surface area (Å²) in [5.74, 6) is 0. The van der Waals surface area contributed by atoms with Crippen LogP contribution in [0.2, 0.25) is 0 Å². The zero-order chi connectivity index (χ0) is 14.0. The minimum atomic E-state index is 0.750. The molecule has 0 aliphatic carbocycles. The van der Waals surface area contributed by atoms with E-state index in [9.17, 15) is 0 Å². The second-order valence-electron chi connectivity index (χ2n) is 4.94. The maximum Gasteiger partial charge on any atom is 0.0935 e. The molecule has 0 heterocycles. The van der Waals surface area contributed by atoms with Crippen molar-refractivity contribution in [2.45, 2.75) is 27.7 Å². The van der Waals surface area contributed by atoms with Gasteiger partial charge in [0, 0.05) is 5.69 Å². The van der Waals surface area contributed by atoms with Crippen molar-refractivity contribution in [1.82, 2.24) is 0 Å². The zero-order valence-corrected chi connectivity index (χ0v) is 11.9. The molecular formula is C16H19N3. The number of hydrogen-bond donors (Lipinski definition) is 1. The van der Waals surface area contributed by atoms with E-state index in [2.05, 4.69) is 23.2 Å². The highest BCUT2D eigenvalue weighted by Gasteiger charge is 2.05. The summed E-state index contributed by atoms with van der Waals surface area (Å²) in [6.07, 6.45) is 0. The molecule has 0 fully saturated rings. The Labute approximate surface area is 114 Å². The van der Waals surface area contributed by atoms with Crippen LogP contribution in [0.15, 0.2) is 40.6 Å². The predicted octanol–water partition coefficient (Wildman–Crippen LogP) is 4.92. The molecule has 0 aromatic heterocycles. The molecular weight excluding hydrogens is 234 g/mol. The molecule has 0 amide bonds. The molecule has 0 spiro atoms. The molecule has 0 aliphatic rings. The highest BCUT2D eigenvalue weighted by Crippen LogP contribution is 2.30. The van der Waals surface area contributed by atoms with Crippen LogP contribution in [0.4, 0.5) is 17.1 Å². The molecule has 2 aromatic rings. The average molecular weight is 253 g/mol. The zero-order valence-electron chi connectivity index (χ0n) is 11.9. The number of nitrogen functional groups attached to an aromatic ring is 1. The van der Waals surface area contributed by atoms with E-state index < -0.39 is 0 Å². The molecule has 2 rings (SSSR count). The molecule has 3 nitrogen and oxygen atoms in total. The van der Waals surface area contributed by atoms with Crippen molar-refractivity contribution in [2.75, 3.05) is 5.73 Å². The lowest BCUT2D eigenvalue weighted by Gasteiger charge is -2.07. The normalized spacial score (nSPS) is 11.2. The summed E-state index contributed by atoms with van der Waals surface area (Å²) in [4.78, 5) is 0. The molecule has 0 unspecified atom stereocenters. The standard InChI is InChI=1S/C16H19N3/c1-10-5-8-15(12(3)9-10)18-19-16-11(2)6-7-14(17)13(16)4/h5-9H,17H2,1-4H3. The van der Waals surface area contributed by atoms with Crippen LogP contribution in [0.3, 0.4) is 0 Å². The van der Waals surface area contributed by atoms with Gasteiger partial charge < -0.3 is 5.73 Å². The number of aryl methyl sites for hydroxylation is 3. The molecule has 2 N–H and O–H groups in total. The number of hydrogen-bond acceptors (Lipinski definition) is 3. The fraction of sp³-hybridized carbons (Fsp3) is 0.250. The lowest BCUT2D eigenvalue weighted by Crippen LogP contribution is -1.90. The van der Waals surface area contributed by atoms with E-state index in [1.165, 1.54) is 5.56 Å². The van der Waals surface area contributed by atoms with Gasteiger partial charge in [-0.15, -0.1) is 5.11 Å². The van der Waals surface area contributed by atoms with Crippen LogP contribution in [0.1, 0.15) is 22.3 Å². The molecule has 2 aromatic carbocycles.